The number of hydrogen-bond donors (Lipinski definition) is 2. The van der Waals surface area contributed by atoms with Crippen molar-refractivity contribution in [1.29, 1.82) is 0 Å². The number of non-ortho nitro benzene ring substituents is 2. The van der Waals surface area contributed by atoms with Crippen LogP contribution >= 0.6 is 0 Å². The van der Waals surface area contributed by atoms with Crippen LogP contribution in [0.3, 0.4) is 0 Å². The summed E-state index contributed by atoms with van der Waals surface area (Å²) in [4.78, 5) is 82.6. The first kappa shape index (κ1) is 33.6. The fourth-order valence-corrected chi connectivity index (χ4v) is 4.68. The molecule has 3 aromatic rings. The number of esters is 2. The van der Waals surface area contributed by atoms with Crippen LogP contribution in [0.1, 0.15) is 41.5 Å². The van der Waals surface area contributed by atoms with Crippen molar-refractivity contribution in [2.75, 3.05) is 0 Å². The van der Waals surface area contributed by atoms with E-state index in [4.69, 9.17) is 4.74 Å². The number of hydrogen-bond acceptors (Lipinski definition) is 13. The summed E-state index contributed by atoms with van der Waals surface area (Å²) in [5, 5.41) is 34.5. The van der Waals surface area contributed by atoms with Crippen LogP contribution < -0.4 is 10.6 Å². The van der Waals surface area contributed by atoms with E-state index in [1.54, 1.807) is 6.92 Å². The lowest BCUT2D eigenvalue weighted by molar-refractivity contribution is -0.385. The number of aromatic nitrogens is 3. The molecule has 18 nitrogen and oxygen atoms in total. The fraction of sp³-hybridized carbons (Fsp3) is 0.276. The highest BCUT2D eigenvalue weighted by Crippen LogP contribution is 2.33. The first-order valence-corrected chi connectivity index (χ1v) is 13.9. The largest absolute Gasteiger partial charge is 0.457 e. The van der Waals surface area contributed by atoms with Crippen molar-refractivity contribution in [3.8, 4) is 0 Å². The molecular weight excluding hydrogens is 622 g/mol. The predicted molar refractivity (Wildman–Crippen MR) is 157 cm³/mol. The summed E-state index contributed by atoms with van der Waals surface area (Å²) in [6.07, 6.45) is 0.348. The van der Waals surface area contributed by atoms with E-state index in [2.05, 4.69) is 32.3 Å². The third kappa shape index (κ3) is 7.85. The Bertz CT molecular complexity index is 1750. The van der Waals surface area contributed by atoms with Crippen molar-refractivity contribution in [2.24, 2.45) is 11.8 Å². The third-order valence-corrected chi connectivity index (χ3v) is 7.42. The molecule has 1 saturated heterocycles. The highest BCUT2D eigenvalue weighted by Gasteiger charge is 2.49. The molecule has 1 aliphatic heterocycles. The van der Waals surface area contributed by atoms with Crippen molar-refractivity contribution in [3.05, 3.63) is 104 Å². The van der Waals surface area contributed by atoms with E-state index < -0.39 is 63.2 Å². The van der Waals surface area contributed by atoms with Gasteiger partial charge in [0.2, 0.25) is 5.91 Å². The zero-order chi connectivity index (χ0) is 34.4. The van der Waals surface area contributed by atoms with Gasteiger partial charge < -0.3 is 20.1 Å². The first-order chi connectivity index (χ1) is 22.3. The zero-order valence-electron chi connectivity index (χ0n) is 24.9. The number of nitrogens with one attached hydrogen (secondary N) is 2. The summed E-state index contributed by atoms with van der Waals surface area (Å²) in [6.45, 7) is 6.31. The maximum atomic E-state index is 13.1. The van der Waals surface area contributed by atoms with Gasteiger partial charge in [-0.2, -0.15) is 0 Å². The molecule has 244 valence electrons. The average molecular weight is 650 g/mol. The van der Waals surface area contributed by atoms with E-state index in [1.807, 2.05) is 0 Å². The van der Waals surface area contributed by atoms with Gasteiger partial charge in [0.15, 0.2) is 5.78 Å². The number of nitro groups is 2. The molecule has 18 heteroatoms. The predicted octanol–water partition coefficient (Wildman–Crippen LogP) is 2.34. The Morgan fingerprint density at radius 2 is 1.62 bits per heavy atom. The van der Waals surface area contributed by atoms with E-state index in [1.165, 1.54) is 42.1 Å². The molecule has 1 aliphatic rings. The van der Waals surface area contributed by atoms with E-state index in [-0.39, 0.29) is 41.7 Å². The number of Topliss-reactive ketones (excluding diaryl/α,β-unsaturated/α-hetero) is 1. The number of nitrogens with zero attached hydrogens (tertiary/aromatic N) is 5. The van der Waals surface area contributed by atoms with Gasteiger partial charge in [0.1, 0.15) is 12.3 Å². The molecule has 2 heterocycles. The Balaban J connectivity index is 1.28. The fourth-order valence-electron chi connectivity index (χ4n) is 4.68. The van der Waals surface area contributed by atoms with E-state index in [0.29, 0.717) is 5.56 Å². The number of ether oxygens (including phenoxy) is 2. The number of nitro benzene ring substituents is 2. The molecule has 47 heavy (non-hydrogen) atoms. The van der Waals surface area contributed by atoms with Crippen molar-refractivity contribution >= 4 is 41.1 Å². The molecule has 2 aromatic carbocycles. The van der Waals surface area contributed by atoms with Gasteiger partial charge in [0.25, 0.3) is 11.4 Å². The maximum absolute atomic E-state index is 13.1. The van der Waals surface area contributed by atoms with Gasteiger partial charge in [-0.3, -0.25) is 29.8 Å². The molecule has 4 atom stereocenters. The molecule has 4 unspecified atom stereocenters. The van der Waals surface area contributed by atoms with E-state index >= 15 is 0 Å². The number of ketones is 1. The topological polar surface area (TPSA) is 245 Å². The molecule has 0 aliphatic carbocycles. The third-order valence-electron chi connectivity index (χ3n) is 7.42. The summed E-state index contributed by atoms with van der Waals surface area (Å²) in [5.74, 6) is -4.63. The van der Waals surface area contributed by atoms with Gasteiger partial charge >= 0.3 is 18.0 Å². The van der Waals surface area contributed by atoms with Gasteiger partial charge in [-0.05, 0) is 36.8 Å². The van der Waals surface area contributed by atoms with Gasteiger partial charge in [0.05, 0.1) is 51.7 Å². The molecule has 4 rings (SSSR count). The summed E-state index contributed by atoms with van der Waals surface area (Å²) < 4.78 is 11.2. The highest BCUT2D eigenvalue weighted by molar-refractivity contribution is 6.18. The summed E-state index contributed by atoms with van der Waals surface area (Å²) >= 11 is 0. The molecule has 1 fully saturated rings. The zero-order valence-corrected chi connectivity index (χ0v) is 24.9. The highest BCUT2D eigenvalue weighted by atomic mass is 16.6. The SMILES string of the molecule is C=C(C(=O)OCc1ccc([N+](=O)[O-])cc1)C(=O)C(C)C1NC(=O)C1C(C)n1cc(CNC(=O)OC(=O)c2ccc([N+](=O)[O-])cc2)nn1. The number of alkyl carbamates (subject to hydrolysis) is 1. The first-order valence-electron chi connectivity index (χ1n) is 13.9. The monoisotopic (exact) mass is 649 g/mol. The van der Waals surface area contributed by atoms with E-state index in [9.17, 15) is 44.2 Å². The molecule has 0 saturated carbocycles. The minimum Gasteiger partial charge on any atom is -0.457 e. The lowest BCUT2D eigenvalue weighted by Gasteiger charge is -2.42. The second kappa shape index (κ2) is 14.2. The van der Waals surface area contributed by atoms with Crippen LogP contribution in [-0.4, -0.2) is 60.6 Å². The van der Waals surface area contributed by atoms with Gasteiger partial charge in [-0.25, -0.2) is 19.1 Å². The number of benzene rings is 2. The van der Waals surface area contributed by atoms with Crippen molar-refractivity contribution in [2.45, 2.75) is 39.1 Å². The van der Waals surface area contributed by atoms with Crippen LogP contribution in [0.5, 0.6) is 0 Å². The van der Waals surface area contributed by atoms with Crippen molar-refractivity contribution < 1.29 is 43.3 Å². The molecule has 2 N–H and O–H groups in total. The Hall–Kier alpha value is -6.33. The lowest BCUT2D eigenvalue weighted by Crippen LogP contribution is -2.64. The Morgan fingerprint density at radius 3 is 2.19 bits per heavy atom. The number of β-lactam (4-membered cyclic amide) rings is 1. The Labute approximate surface area is 265 Å². The number of amides is 2. The molecule has 2 amide bonds. The maximum Gasteiger partial charge on any atom is 0.415 e. The van der Waals surface area contributed by atoms with Crippen LogP contribution in [0.15, 0.2) is 66.9 Å². The minimum atomic E-state index is -1.10. The minimum absolute atomic E-state index is 0.0747. The summed E-state index contributed by atoms with van der Waals surface area (Å²) in [7, 11) is 0. The van der Waals surface area contributed by atoms with E-state index in [0.717, 1.165) is 24.3 Å². The Kier molecular flexibility index (Phi) is 10.1. The van der Waals surface area contributed by atoms with Crippen LogP contribution in [0.25, 0.3) is 0 Å². The second-order valence-corrected chi connectivity index (χ2v) is 10.5. The van der Waals surface area contributed by atoms with Crippen LogP contribution in [0.2, 0.25) is 0 Å². The normalized spacial score (nSPS) is 16.4. The number of carbonyl (C=O) groups is 5. The van der Waals surface area contributed by atoms with Gasteiger partial charge in [-0.15, -0.1) is 5.10 Å². The second-order valence-electron chi connectivity index (χ2n) is 10.5. The summed E-state index contributed by atoms with van der Waals surface area (Å²) in [5.41, 5.74) is -0.156. The smallest absolute Gasteiger partial charge is 0.415 e. The molecule has 0 spiro atoms. The standard InChI is InChI=1S/C29H27N7O11/c1-15(25(37)16(2)27(39)46-14-18-4-8-21(9-5-18)35(42)43)24-23(26(38)31-24)17(3)34-13-20(32-33-34)12-30-29(41)47-28(40)19-6-10-22(11-7-19)36(44)45/h4-11,13,15,17,23-24H,2,12,14H2,1,3H3,(H,30,41)(H,31,38). The average Bonchev–Trinajstić information content (AvgIpc) is 3.53. The molecular formula is C29H27N7O11. The number of carbonyl (C=O) groups excluding carboxylic acids is 5. The van der Waals surface area contributed by atoms with Crippen LogP contribution in [-0.2, 0) is 37.0 Å². The quantitative estimate of drug-likeness (QED) is 0.0514. The number of rotatable bonds is 13. The van der Waals surface area contributed by atoms with Crippen molar-refractivity contribution in [3.63, 3.8) is 0 Å². The van der Waals surface area contributed by atoms with Gasteiger partial charge in [0, 0.05) is 30.2 Å². The summed E-state index contributed by atoms with van der Waals surface area (Å²) in [6, 6.07) is 8.51. The lowest BCUT2D eigenvalue weighted by atomic mass is 9.75. The molecule has 0 radical (unpaired) electrons. The van der Waals surface area contributed by atoms with Crippen molar-refractivity contribution in [1.82, 2.24) is 25.6 Å². The molecule has 1 aromatic heterocycles. The molecule has 0 bridgehead atoms. The Morgan fingerprint density at radius 1 is 1.02 bits per heavy atom. The van der Waals surface area contributed by atoms with Gasteiger partial charge in [-0.1, -0.05) is 18.7 Å². The van der Waals surface area contributed by atoms with Crippen LogP contribution in [0.4, 0.5) is 16.2 Å². The van der Waals surface area contributed by atoms with Crippen LogP contribution in [0, 0.1) is 32.1 Å².